The molecule has 1 heterocycles. The summed E-state index contributed by atoms with van der Waals surface area (Å²) in [5, 5.41) is 8.83. The highest BCUT2D eigenvalue weighted by Crippen LogP contribution is 2.20. The summed E-state index contributed by atoms with van der Waals surface area (Å²) < 4.78 is 53.2. The Hall–Kier alpha value is -1.17. The quantitative estimate of drug-likeness (QED) is 0.706. The van der Waals surface area contributed by atoms with Crippen LogP contribution in [0.4, 0.5) is 8.78 Å². The fourth-order valence-electron chi connectivity index (χ4n) is 1.01. The maximum absolute atomic E-state index is 12.0. The third-order valence-corrected chi connectivity index (χ3v) is 4.72. The summed E-state index contributed by atoms with van der Waals surface area (Å²) in [4.78, 5) is 14.8. The monoisotopic (exact) mass is 316 g/mol. The normalized spacial score (nSPS) is 13.5. The maximum atomic E-state index is 12.0. The van der Waals surface area contributed by atoms with Gasteiger partial charge in [0.2, 0.25) is 0 Å². The number of ether oxygens (including phenoxy) is 1. The van der Waals surface area contributed by atoms with Crippen LogP contribution in [0.5, 0.6) is 0 Å². The molecule has 1 atom stereocenters. The molecule has 0 spiro atoms. The molecule has 1 aromatic rings. The van der Waals surface area contributed by atoms with Crippen LogP contribution in [0.3, 0.4) is 0 Å². The van der Waals surface area contributed by atoms with E-state index in [1.165, 1.54) is 0 Å². The van der Waals surface area contributed by atoms with Crippen LogP contribution in [0.25, 0.3) is 0 Å². The number of aliphatic hydroxyl groups is 1. The molecule has 1 rings (SSSR count). The molecule has 7 nitrogen and oxygen atoms in total. The van der Waals surface area contributed by atoms with Gasteiger partial charge in [0.25, 0.3) is 16.4 Å². The zero-order valence-corrected chi connectivity index (χ0v) is 11.2. The van der Waals surface area contributed by atoms with Gasteiger partial charge >= 0.3 is 5.97 Å². The van der Waals surface area contributed by atoms with Gasteiger partial charge < -0.3 is 9.84 Å². The molecule has 1 aromatic heterocycles. The Morgan fingerprint density at radius 1 is 1.63 bits per heavy atom. The van der Waals surface area contributed by atoms with E-state index in [1.807, 2.05) is 0 Å². The van der Waals surface area contributed by atoms with Crippen LogP contribution in [-0.4, -0.2) is 50.7 Å². The number of carbonyl (C=O) groups excluding carboxylic acids is 1. The summed E-state index contributed by atoms with van der Waals surface area (Å²) >= 11 is 0.629. The van der Waals surface area contributed by atoms with E-state index in [-0.39, 0.29) is 0 Å². The van der Waals surface area contributed by atoms with Gasteiger partial charge in [0.15, 0.2) is 9.90 Å². The lowest BCUT2D eigenvalue weighted by Crippen LogP contribution is -2.36. The van der Waals surface area contributed by atoms with Gasteiger partial charge in [-0.25, -0.2) is 31.7 Å². The average molecular weight is 316 g/mol. The van der Waals surface area contributed by atoms with E-state index in [1.54, 1.807) is 4.72 Å². The number of rotatable bonds is 6. The van der Waals surface area contributed by atoms with Crippen LogP contribution < -0.4 is 4.72 Å². The summed E-state index contributed by atoms with van der Waals surface area (Å²) in [6.07, 6.45) is -5.21. The van der Waals surface area contributed by atoms with Crippen molar-refractivity contribution in [2.45, 2.75) is 16.7 Å². The number of carbonyl (C=O) groups is 1. The Balaban J connectivity index is 2.90. The van der Waals surface area contributed by atoms with Crippen molar-refractivity contribution in [2.75, 3.05) is 13.7 Å². The minimum absolute atomic E-state index is 0.438. The lowest BCUT2D eigenvalue weighted by Gasteiger charge is -2.10. The number of alkyl halides is 2. The van der Waals surface area contributed by atoms with Gasteiger partial charge in [-0.3, -0.25) is 0 Å². The van der Waals surface area contributed by atoms with E-state index in [9.17, 15) is 22.0 Å². The molecule has 0 saturated heterocycles. The van der Waals surface area contributed by atoms with Crippen LogP contribution in [0.2, 0.25) is 0 Å². The highest BCUT2D eigenvalue weighted by molar-refractivity contribution is 7.91. The predicted molar refractivity (Wildman–Crippen MR) is 60.7 cm³/mol. The van der Waals surface area contributed by atoms with Gasteiger partial charge in [0, 0.05) is 6.54 Å². The second-order valence-corrected chi connectivity index (χ2v) is 6.05. The Morgan fingerprint density at radius 3 is 2.79 bits per heavy atom. The minimum Gasteiger partial charge on any atom is -0.464 e. The van der Waals surface area contributed by atoms with Crippen molar-refractivity contribution in [1.82, 2.24) is 9.71 Å². The van der Waals surface area contributed by atoms with Crippen LogP contribution in [0.15, 0.2) is 9.72 Å². The molecular weight excluding hydrogens is 306 g/mol. The van der Waals surface area contributed by atoms with Crippen molar-refractivity contribution in [2.24, 2.45) is 0 Å². The maximum Gasteiger partial charge on any atom is 0.358 e. The van der Waals surface area contributed by atoms with E-state index < -0.39 is 45.0 Å². The van der Waals surface area contributed by atoms with E-state index in [4.69, 9.17) is 5.11 Å². The number of halogens is 2. The molecule has 0 aliphatic carbocycles. The predicted octanol–water partition coefficient (Wildman–Crippen LogP) is -0.166. The van der Waals surface area contributed by atoms with Gasteiger partial charge in [-0.15, -0.1) is 11.3 Å². The van der Waals surface area contributed by atoms with Gasteiger partial charge in [0.1, 0.15) is 6.10 Å². The molecule has 0 aliphatic heterocycles. The Labute approximate surface area is 111 Å². The first kappa shape index (κ1) is 15.9. The number of nitrogens with one attached hydrogen (secondary N) is 1. The SMILES string of the molecule is COC(=O)c1ncsc1S(=O)(=O)NCC(O)C(F)F. The lowest BCUT2D eigenvalue weighted by molar-refractivity contribution is -0.000451. The number of esters is 1. The Kier molecular flexibility index (Phi) is 5.29. The number of hydrogen-bond acceptors (Lipinski definition) is 7. The molecule has 0 radical (unpaired) electrons. The standard InChI is InChI=1S/C8H10F2N2O5S2/c1-17-7(14)5-8(18-3-11-5)19(15,16)12-2-4(13)6(9)10/h3-4,6,12-13H,2H2,1H3. The van der Waals surface area contributed by atoms with Crippen LogP contribution in [0.1, 0.15) is 10.5 Å². The van der Waals surface area contributed by atoms with Crippen molar-refractivity contribution < 1.29 is 31.8 Å². The Morgan fingerprint density at radius 2 is 2.26 bits per heavy atom. The highest BCUT2D eigenvalue weighted by atomic mass is 32.2. The molecule has 0 aromatic carbocycles. The molecule has 108 valence electrons. The van der Waals surface area contributed by atoms with Crippen LogP contribution in [0, 0.1) is 0 Å². The molecule has 0 amide bonds. The fraction of sp³-hybridized carbons (Fsp3) is 0.500. The van der Waals surface area contributed by atoms with E-state index in [0.29, 0.717) is 11.3 Å². The summed E-state index contributed by atoms with van der Waals surface area (Å²) in [5.74, 6) is -0.962. The van der Waals surface area contributed by atoms with Crippen molar-refractivity contribution in [3.8, 4) is 0 Å². The lowest BCUT2D eigenvalue weighted by atomic mass is 10.4. The fourth-order valence-corrected chi connectivity index (χ4v) is 3.23. The molecule has 0 saturated carbocycles. The summed E-state index contributed by atoms with van der Waals surface area (Å²) in [6.45, 7) is -0.876. The summed E-state index contributed by atoms with van der Waals surface area (Å²) in [5.41, 5.74) is 0.663. The molecule has 1 unspecified atom stereocenters. The van der Waals surface area contributed by atoms with Gasteiger partial charge in [-0.2, -0.15) is 0 Å². The molecule has 2 N–H and O–H groups in total. The number of sulfonamides is 1. The van der Waals surface area contributed by atoms with E-state index >= 15 is 0 Å². The van der Waals surface area contributed by atoms with Crippen molar-refractivity contribution in [3.05, 3.63) is 11.2 Å². The first-order valence-corrected chi connectivity index (χ1v) is 7.13. The summed E-state index contributed by atoms with van der Waals surface area (Å²) in [6, 6.07) is 0. The minimum atomic E-state index is -4.22. The zero-order chi connectivity index (χ0) is 14.6. The largest absolute Gasteiger partial charge is 0.464 e. The molecule has 11 heteroatoms. The first-order valence-electron chi connectivity index (χ1n) is 4.77. The van der Waals surface area contributed by atoms with E-state index in [0.717, 1.165) is 12.6 Å². The first-order chi connectivity index (χ1) is 8.79. The highest BCUT2D eigenvalue weighted by Gasteiger charge is 2.28. The van der Waals surface area contributed by atoms with Gasteiger partial charge in [0.05, 0.1) is 12.6 Å². The van der Waals surface area contributed by atoms with Crippen molar-refractivity contribution in [1.29, 1.82) is 0 Å². The smallest absolute Gasteiger partial charge is 0.358 e. The molecule has 0 fully saturated rings. The summed E-state index contributed by atoms with van der Waals surface area (Å²) in [7, 11) is -3.17. The third-order valence-electron chi connectivity index (χ3n) is 1.93. The number of methoxy groups -OCH3 is 1. The topological polar surface area (TPSA) is 106 Å². The third kappa shape index (κ3) is 3.89. The second-order valence-electron chi connectivity index (χ2n) is 3.23. The van der Waals surface area contributed by atoms with Gasteiger partial charge in [-0.1, -0.05) is 0 Å². The second kappa shape index (κ2) is 6.32. The number of aliphatic hydroxyl groups excluding tert-OH is 1. The number of thiazole rings is 1. The van der Waals surface area contributed by atoms with Gasteiger partial charge in [-0.05, 0) is 0 Å². The number of nitrogens with zero attached hydrogens (tertiary/aromatic N) is 1. The molecule has 0 aliphatic rings. The van der Waals surface area contributed by atoms with Crippen LogP contribution >= 0.6 is 11.3 Å². The zero-order valence-electron chi connectivity index (χ0n) is 9.54. The Bertz CT molecular complexity index is 545. The van der Waals surface area contributed by atoms with Crippen LogP contribution in [-0.2, 0) is 14.8 Å². The number of hydrogen-bond donors (Lipinski definition) is 2. The molecular formula is C8H10F2N2O5S2. The molecule has 19 heavy (non-hydrogen) atoms. The van der Waals surface area contributed by atoms with E-state index in [2.05, 4.69) is 9.72 Å². The molecule has 0 bridgehead atoms. The van der Waals surface area contributed by atoms with Crippen molar-refractivity contribution >= 4 is 27.3 Å². The average Bonchev–Trinajstić information content (AvgIpc) is 2.84. The number of aromatic nitrogens is 1. The van der Waals surface area contributed by atoms with Crippen molar-refractivity contribution in [3.63, 3.8) is 0 Å².